The van der Waals surface area contributed by atoms with Crippen molar-refractivity contribution in [1.29, 1.82) is 0 Å². The highest BCUT2D eigenvalue weighted by Gasteiger charge is 2.35. The fourth-order valence-corrected chi connectivity index (χ4v) is 3.67. The largest absolute Gasteiger partial charge is 0.573 e. The van der Waals surface area contributed by atoms with E-state index in [-0.39, 0.29) is 41.5 Å². The number of ether oxygens (including phenoxy) is 1. The van der Waals surface area contributed by atoms with Crippen molar-refractivity contribution in [3.63, 3.8) is 0 Å². The minimum Gasteiger partial charge on any atom is -0.400 e. The average Bonchev–Trinajstić information content (AvgIpc) is 3.10. The van der Waals surface area contributed by atoms with E-state index in [0.29, 0.717) is 6.04 Å². The predicted octanol–water partition coefficient (Wildman–Crippen LogP) is 4.07. The van der Waals surface area contributed by atoms with Crippen molar-refractivity contribution in [3.8, 4) is 17.2 Å². The van der Waals surface area contributed by atoms with Gasteiger partial charge in [-0.3, -0.25) is 0 Å². The molecule has 0 radical (unpaired) electrons. The number of hydrogen-bond acceptors (Lipinski definition) is 6. The lowest BCUT2D eigenvalue weighted by molar-refractivity contribution is -0.275. The van der Waals surface area contributed by atoms with Crippen molar-refractivity contribution < 1.29 is 26.7 Å². The van der Waals surface area contributed by atoms with Gasteiger partial charge in [0.25, 0.3) is 0 Å². The Bertz CT molecular complexity index is 894. The summed E-state index contributed by atoms with van der Waals surface area (Å²) in [7, 11) is 1.90. The van der Waals surface area contributed by atoms with E-state index in [4.69, 9.17) is 4.42 Å². The Labute approximate surface area is 176 Å². The van der Waals surface area contributed by atoms with Gasteiger partial charge in [0.1, 0.15) is 0 Å². The Morgan fingerprint density at radius 1 is 1.27 bits per heavy atom. The molecule has 7 nitrogen and oxygen atoms in total. The Morgan fingerprint density at radius 2 is 1.93 bits per heavy atom. The molecule has 0 unspecified atom stereocenters. The van der Waals surface area contributed by atoms with Gasteiger partial charge in [0, 0.05) is 17.6 Å². The molecule has 30 heavy (non-hydrogen) atoms. The molecule has 2 aromatic rings. The normalized spacial score (nSPS) is 20.3. The van der Waals surface area contributed by atoms with Gasteiger partial charge in [0.2, 0.25) is 5.89 Å². The van der Waals surface area contributed by atoms with Gasteiger partial charge in [0.15, 0.2) is 11.6 Å². The van der Waals surface area contributed by atoms with Crippen molar-refractivity contribution in [2.24, 2.45) is 5.92 Å². The second kappa shape index (κ2) is 9.69. The quantitative estimate of drug-likeness (QED) is 0.570. The number of benzene rings is 1. The van der Waals surface area contributed by atoms with Crippen molar-refractivity contribution >= 4 is 18.1 Å². The number of alkyl halides is 3. The summed E-state index contributed by atoms with van der Waals surface area (Å²) in [6.07, 6.45) is -1.40. The Kier molecular flexibility index (Phi) is 7.75. The second-order valence-corrected chi connectivity index (χ2v) is 7.13. The van der Waals surface area contributed by atoms with Gasteiger partial charge < -0.3 is 19.8 Å². The minimum atomic E-state index is -5.06. The van der Waals surface area contributed by atoms with Crippen molar-refractivity contribution in [2.45, 2.75) is 51.1 Å². The molecule has 168 valence electrons. The molecule has 1 aliphatic rings. The SMILES string of the molecule is CNC1CCC([C@H](C)Nc2cc(-c3n[nH]c(=O)o3)cc(F)c2OC(F)(F)F)CC1.Cl. The number of anilines is 1. The van der Waals surface area contributed by atoms with Crippen molar-refractivity contribution in [3.05, 3.63) is 28.5 Å². The first-order valence-electron chi connectivity index (χ1n) is 9.25. The second-order valence-electron chi connectivity index (χ2n) is 7.13. The lowest BCUT2D eigenvalue weighted by atomic mass is 9.82. The van der Waals surface area contributed by atoms with Crippen LogP contribution in [0, 0.1) is 11.7 Å². The summed E-state index contributed by atoms with van der Waals surface area (Å²) in [6, 6.07) is 2.18. The van der Waals surface area contributed by atoms with E-state index in [0.717, 1.165) is 31.7 Å². The van der Waals surface area contributed by atoms with Crippen LogP contribution in [0.3, 0.4) is 0 Å². The van der Waals surface area contributed by atoms with Crippen LogP contribution in [0.2, 0.25) is 0 Å². The van der Waals surface area contributed by atoms with Gasteiger partial charge in [-0.1, -0.05) is 0 Å². The molecule has 3 N–H and O–H groups in total. The summed E-state index contributed by atoms with van der Waals surface area (Å²) < 4.78 is 61.6. The molecule has 0 saturated heterocycles. The molecule has 1 saturated carbocycles. The monoisotopic (exact) mass is 454 g/mol. The number of H-pyrrole nitrogens is 1. The maximum Gasteiger partial charge on any atom is 0.573 e. The van der Waals surface area contributed by atoms with Gasteiger partial charge in [-0.05, 0) is 57.7 Å². The Balaban J connectivity index is 0.00000320. The third-order valence-corrected chi connectivity index (χ3v) is 5.22. The van der Waals surface area contributed by atoms with Crippen LogP contribution in [0.1, 0.15) is 32.6 Å². The van der Waals surface area contributed by atoms with E-state index in [1.54, 1.807) is 0 Å². The maximum atomic E-state index is 14.5. The predicted molar refractivity (Wildman–Crippen MR) is 104 cm³/mol. The summed E-state index contributed by atoms with van der Waals surface area (Å²) in [5.74, 6) is -3.11. The number of nitrogens with zero attached hydrogens (tertiary/aromatic N) is 1. The molecule has 0 bridgehead atoms. The molecule has 0 amide bonds. The fourth-order valence-electron chi connectivity index (χ4n) is 3.67. The fraction of sp³-hybridized carbons (Fsp3) is 0.556. The maximum absolute atomic E-state index is 14.5. The number of rotatable bonds is 6. The molecule has 1 aromatic heterocycles. The third kappa shape index (κ3) is 5.88. The molecular weight excluding hydrogens is 432 g/mol. The zero-order valence-electron chi connectivity index (χ0n) is 16.3. The standard InChI is InChI=1S/C18H22F4N4O3.ClH/c1-9(10-3-5-12(23-2)6-4-10)24-14-8-11(16-25-26-17(27)28-16)7-13(19)15(14)29-18(20,21)22;/h7-10,12,23-24H,3-6H2,1-2H3,(H,26,27);1H/t9-,10?,12?;/m0./s1. The Morgan fingerprint density at radius 3 is 2.47 bits per heavy atom. The first-order chi connectivity index (χ1) is 13.7. The molecule has 12 heteroatoms. The summed E-state index contributed by atoms with van der Waals surface area (Å²) in [5.41, 5.74) is -0.185. The number of halogens is 5. The van der Waals surface area contributed by atoms with Gasteiger partial charge in [0.05, 0.1) is 5.69 Å². The van der Waals surface area contributed by atoms with Crippen molar-refractivity contribution in [1.82, 2.24) is 15.5 Å². The molecule has 1 fully saturated rings. The highest BCUT2D eigenvalue weighted by molar-refractivity contribution is 5.85. The topological polar surface area (TPSA) is 92.2 Å². The van der Waals surface area contributed by atoms with Gasteiger partial charge in [-0.15, -0.1) is 30.7 Å². The van der Waals surface area contributed by atoms with Crippen molar-refractivity contribution in [2.75, 3.05) is 12.4 Å². The Hall–Kier alpha value is -2.27. The third-order valence-electron chi connectivity index (χ3n) is 5.22. The highest BCUT2D eigenvalue weighted by atomic mass is 35.5. The van der Waals surface area contributed by atoms with Crippen LogP contribution in [0.5, 0.6) is 5.75 Å². The average molecular weight is 455 g/mol. The smallest absolute Gasteiger partial charge is 0.400 e. The van der Waals surface area contributed by atoms with E-state index in [1.165, 1.54) is 6.07 Å². The lowest BCUT2D eigenvalue weighted by Gasteiger charge is -2.33. The molecular formula is C18H23ClF4N4O3. The van der Waals surface area contributed by atoms with Crippen LogP contribution >= 0.6 is 12.4 Å². The number of hydrogen-bond donors (Lipinski definition) is 3. The number of aromatic amines is 1. The summed E-state index contributed by atoms with van der Waals surface area (Å²) in [6.45, 7) is 1.83. The molecule has 1 aliphatic carbocycles. The van der Waals surface area contributed by atoms with E-state index < -0.39 is 23.7 Å². The molecule has 3 rings (SSSR count). The lowest BCUT2D eigenvalue weighted by Crippen LogP contribution is -2.35. The molecule has 1 aromatic carbocycles. The van der Waals surface area contributed by atoms with E-state index in [1.807, 2.05) is 19.1 Å². The molecule has 1 atom stereocenters. The first-order valence-corrected chi connectivity index (χ1v) is 9.25. The van der Waals surface area contributed by atoms with Crippen LogP contribution in [0.15, 0.2) is 21.3 Å². The zero-order valence-corrected chi connectivity index (χ0v) is 17.1. The molecule has 0 spiro atoms. The van der Waals surface area contributed by atoms with Crippen LogP contribution in [0.4, 0.5) is 23.2 Å². The van der Waals surface area contributed by atoms with Gasteiger partial charge in [-0.2, -0.15) is 0 Å². The molecule has 1 heterocycles. The first kappa shape index (κ1) is 24.0. The van der Waals surface area contributed by atoms with Crippen LogP contribution in [-0.2, 0) is 0 Å². The van der Waals surface area contributed by atoms with Crippen LogP contribution in [-0.4, -0.2) is 35.7 Å². The summed E-state index contributed by atoms with van der Waals surface area (Å²) >= 11 is 0. The van der Waals surface area contributed by atoms with Gasteiger partial charge >= 0.3 is 12.1 Å². The van der Waals surface area contributed by atoms with E-state index in [9.17, 15) is 22.4 Å². The highest BCUT2D eigenvalue weighted by Crippen LogP contribution is 2.38. The van der Waals surface area contributed by atoms with Crippen LogP contribution < -0.4 is 21.1 Å². The van der Waals surface area contributed by atoms with E-state index in [2.05, 4.69) is 20.5 Å². The summed E-state index contributed by atoms with van der Waals surface area (Å²) in [4.78, 5) is 11.2. The van der Waals surface area contributed by atoms with Gasteiger partial charge in [-0.25, -0.2) is 14.3 Å². The van der Waals surface area contributed by atoms with Crippen LogP contribution in [0.25, 0.3) is 11.5 Å². The zero-order chi connectivity index (χ0) is 21.2. The molecule has 0 aliphatic heterocycles. The number of aromatic nitrogens is 2. The van der Waals surface area contributed by atoms with E-state index >= 15 is 0 Å². The minimum absolute atomic E-state index is 0. The number of nitrogens with one attached hydrogen (secondary N) is 3. The summed E-state index contributed by atoms with van der Waals surface area (Å²) in [5, 5.41) is 11.8.